The van der Waals surface area contributed by atoms with Crippen LogP contribution in [-0.4, -0.2) is 15.1 Å². The minimum Gasteiger partial charge on any atom is -0.506 e. The second kappa shape index (κ2) is 3.57. The van der Waals surface area contributed by atoms with E-state index in [-0.39, 0.29) is 5.75 Å². The summed E-state index contributed by atoms with van der Waals surface area (Å²) in [5.41, 5.74) is 8.10. The molecule has 2 aromatic heterocycles. The molecule has 0 aliphatic heterocycles. The van der Waals surface area contributed by atoms with Crippen LogP contribution in [0, 0.1) is 6.92 Å². The molecule has 0 spiro atoms. The summed E-state index contributed by atoms with van der Waals surface area (Å²) in [7, 11) is 0. The summed E-state index contributed by atoms with van der Waals surface area (Å²) >= 11 is 0. The van der Waals surface area contributed by atoms with Gasteiger partial charge in [0.25, 0.3) is 0 Å². The molecule has 0 saturated heterocycles. The number of nitrogens with two attached hydrogens (primary N) is 1. The van der Waals surface area contributed by atoms with E-state index < -0.39 is 0 Å². The molecule has 2 rings (SSSR count). The van der Waals surface area contributed by atoms with Crippen LogP contribution in [0.5, 0.6) is 5.75 Å². The normalized spacial score (nSPS) is 10.2. The fourth-order valence-electron chi connectivity index (χ4n) is 1.38. The molecule has 0 fully saturated rings. The lowest BCUT2D eigenvalue weighted by Crippen LogP contribution is -1.91. The highest BCUT2D eigenvalue weighted by molar-refractivity contribution is 5.66. The molecule has 0 radical (unpaired) electrons. The van der Waals surface area contributed by atoms with Gasteiger partial charge in [-0.3, -0.25) is 4.98 Å². The van der Waals surface area contributed by atoms with E-state index in [0.29, 0.717) is 5.82 Å². The summed E-state index contributed by atoms with van der Waals surface area (Å²) in [5, 5.41) is 9.35. The average molecular weight is 201 g/mol. The Balaban J connectivity index is 2.53. The maximum absolute atomic E-state index is 9.35. The molecule has 4 nitrogen and oxygen atoms in total. The second-order valence-electron chi connectivity index (χ2n) is 3.30. The molecule has 0 aliphatic rings. The number of hydrogen-bond donors (Lipinski definition) is 2. The van der Waals surface area contributed by atoms with Crippen molar-refractivity contribution < 1.29 is 5.11 Å². The fourth-order valence-corrected chi connectivity index (χ4v) is 1.38. The number of rotatable bonds is 1. The van der Waals surface area contributed by atoms with E-state index in [9.17, 15) is 5.11 Å². The largest absolute Gasteiger partial charge is 0.506 e. The van der Waals surface area contributed by atoms with Crippen molar-refractivity contribution in [3.05, 3.63) is 36.3 Å². The molecule has 0 saturated carbocycles. The van der Waals surface area contributed by atoms with Crippen LogP contribution in [0.3, 0.4) is 0 Å². The van der Waals surface area contributed by atoms with E-state index in [4.69, 9.17) is 5.73 Å². The Bertz CT molecular complexity index is 480. The van der Waals surface area contributed by atoms with Crippen LogP contribution in [0.15, 0.2) is 30.6 Å². The zero-order valence-electron chi connectivity index (χ0n) is 8.31. The van der Waals surface area contributed by atoms with Crippen molar-refractivity contribution in [3.63, 3.8) is 0 Å². The minimum absolute atomic E-state index is 0.146. The molecule has 0 amide bonds. The number of aromatic nitrogens is 2. The molecule has 3 N–H and O–H groups in total. The van der Waals surface area contributed by atoms with Crippen molar-refractivity contribution in [2.75, 3.05) is 5.73 Å². The van der Waals surface area contributed by atoms with E-state index in [1.165, 1.54) is 6.20 Å². The van der Waals surface area contributed by atoms with Crippen LogP contribution in [0.1, 0.15) is 5.69 Å². The Labute approximate surface area is 87.4 Å². The summed E-state index contributed by atoms with van der Waals surface area (Å²) in [5.74, 6) is 0.622. The molecule has 2 aromatic rings. The van der Waals surface area contributed by atoms with Gasteiger partial charge in [0, 0.05) is 23.0 Å². The van der Waals surface area contributed by atoms with Gasteiger partial charge in [0.1, 0.15) is 11.6 Å². The van der Waals surface area contributed by atoms with Crippen molar-refractivity contribution in [2.45, 2.75) is 6.92 Å². The maximum Gasteiger partial charge on any atom is 0.134 e. The molecular formula is C11H11N3O. The number of nitrogen functional groups attached to an aromatic ring is 1. The number of aryl methyl sites for hydroxylation is 1. The first-order valence-electron chi connectivity index (χ1n) is 4.54. The smallest absolute Gasteiger partial charge is 0.134 e. The first-order chi connectivity index (χ1) is 7.16. The minimum atomic E-state index is 0.146. The molecule has 0 atom stereocenters. The molecule has 2 heterocycles. The predicted octanol–water partition coefficient (Wildman–Crippen LogP) is 1.74. The Morgan fingerprint density at radius 1 is 1.20 bits per heavy atom. The van der Waals surface area contributed by atoms with Gasteiger partial charge >= 0.3 is 0 Å². The SMILES string of the molecule is Cc1ncc(O)cc1-c1ccc(N)nc1. The third-order valence-electron chi connectivity index (χ3n) is 2.17. The van der Waals surface area contributed by atoms with Crippen LogP contribution in [-0.2, 0) is 0 Å². The Hall–Kier alpha value is -2.10. The lowest BCUT2D eigenvalue weighted by molar-refractivity contribution is 0.472. The third kappa shape index (κ3) is 1.88. The van der Waals surface area contributed by atoms with E-state index in [2.05, 4.69) is 9.97 Å². The molecular weight excluding hydrogens is 190 g/mol. The molecule has 0 aromatic carbocycles. The molecule has 15 heavy (non-hydrogen) atoms. The van der Waals surface area contributed by atoms with Gasteiger partial charge in [0.05, 0.1) is 6.20 Å². The van der Waals surface area contributed by atoms with E-state index in [0.717, 1.165) is 16.8 Å². The van der Waals surface area contributed by atoms with Gasteiger partial charge < -0.3 is 10.8 Å². The monoisotopic (exact) mass is 201 g/mol. The number of nitrogens with zero attached hydrogens (tertiary/aromatic N) is 2. The van der Waals surface area contributed by atoms with Crippen molar-refractivity contribution in [3.8, 4) is 16.9 Å². The van der Waals surface area contributed by atoms with Gasteiger partial charge in [-0.2, -0.15) is 0 Å². The summed E-state index contributed by atoms with van der Waals surface area (Å²) in [4.78, 5) is 8.06. The van der Waals surface area contributed by atoms with E-state index in [1.54, 1.807) is 18.3 Å². The average Bonchev–Trinajstić information content (AvgIpc) is 2.23. The highest BCUT2D eigenvalue weighted by Crippen LogP contribution is 2.24. The standard InChI is InChI=1S/C11H11N3O/c1-7-10(4-9(15)6-13-7)8-2-3-11(12)14-5-8/h2-6,15H,1H3,(H2,12,14). The lowest BCUT2D eigenvalue weighted by atomic mass is 10.1. The number of hydrogen-bond acceptors (Lipinski definition) is 4. The van der Waals surface area contributed by atoms with Crippen molar-refractivity contribution >= 4 is 5.82 Å². The zero-order valence-corrected chi connectivity index (χ0v) is 8.31. The molecule has 0 aliphatic carbocycles. The molecule has 4 heteroatoms. The van der Waals surface area contributed by atoms with Gasteiger partial charge in [-0.15, -0.1) is 0 Å². The highest BCUT2D eigenvalue weighted by Gasteiger charge is 2.04. The topological polar surface area (TPSA) is 72.0 Å². The van der Waals surface area contributed by atoms with Gasteiger partial charge in [-0.05, 0) is 25.1 Å². The van der Waals surface area contributed by atoms with Crippen LogP contribution in [0.25, 0.3) is 11.1 Å². The zero-order chi connectivity index (χ0) is 10.8. The van der Waals surface area contributed by atoms with Gasteiger partial charge in [0.15, 0.2) is 0 Å². The predicted molar refractivity (Wildman–Crippen MR) is 58.3 cm³/mol. The van der Waals surface area contributed by atoms with E-state index in [1.807, 2.05) is 13.0 Å². The van der Waals surface area contributed by atoms with Crippen molar-refractivity contribution in [1.82, 2.24) is 9.97 Å². The number of pyridine rings is 2. The quantitative estimate of drug-likeness (QED) is 0.737. The summed E-state index contributed by atoms with van der Waals surface area (Å²) in [6, 6.07) is 5.24. The second-order valence-corrected chi connectivity index (χ2v) is 3.30. The molecule has 0 unspecified atom stereocenters. The van der Waals surface area contributed by atoms with E-state index >= 15 is 0 Å². The van der Waals surface area contributed by atoms with Crippen molar-refractivity contribution in [1.29, 1.82) is 0 Å². The first kappa shape index (κ1) is 9.45. The Kier molecular flexibility index (Phi) is 2.25. The van der Waals surface area contributed by atoms with Gasteiger partial charge in [-0.1, -0.05) is 0 Å². The summed E-state index contributed by atoms with van der Waals surface area (Å²) < 4.78 is 0. The number of anilines is 1. The summed E-state index contributed by atoms with van der Waals surface area (Å²) in [6.45, 7) is 1.88. The summed E-state index contributed by atoms with van der Waals surface area (Å²) in [6.07, 6.45) is 3.09. The van der Waals surface area contributed by atoms with Crippen LogP contribution in [0.4, 0.5) is 5.82 Å². The maximum atomic E-state index is 9.35. The third-order valence-corrected chi connectivity index (χ3v) is 2.17. The van der Waals surface area contributed by atoms with Crippen LogP contribution < -0.4 is 5.73 Å². The Morgan fingerprint density at radius 2 is 2.00 bits per heavy atom. The van der Waals surface area contributed by atoms with Crippen molar-refractivity contribution in [2.24, 2.45) is 0 Å². The fraction of sp³-hybridized carbons (Fsp3) is 0.0909. The molecule has 76 valence electrons. The number of aromatic hydroxyl groups is 1. The van der Waals surface area contributed by atoms with Gasteiger partial charge in [-0.25, -0.2) is 4.98 Å². The lowest BCUT2D eigenvalue weighted by Gasteiger charge is -2.05. The van der Waals surface area contributed by atoms with Crippen LogP contribution in [0.2, 0.25) is 0 Å². The van der Waals surface area contributed by atoms with Gasteiger partial charge in [0.2, 0.25) is 0 Å². The Morgan fingerprint density at radius 3 is 2.67 bits per heavy atom. The molecule has 0 bridgehead atoms. The first-order valence-corrected chi connectivity index (χ1v) is 4.54. The highest BCUT2D eigenvalue weighted by atomic mass is 16.3. The van der Waals surface area contributed by atoms with Crippen LogP contribution >= 0.6 is 0 Å².